The lowest BCUT2D eigenvalue weighted by atomic mass is 10.1. The maximum atomic E-state index is 10.7. The quantitative estimate of drug-likeness (QED) is 0.707. The third-order valence-corrected chi connectivity index (χ3v) is 4.24. The first-order valence-electron chi connectivity index (χ1n) is 6.32. The molecular weight excluding hydrogens is 356 g/mol. The molecule has 2 aromatic rings. The van der Waals surface area contributed by atoms with Crippen molar-refractivity contribution in [2.75, 3.05) is 7.11 Å². The van der Waals surface area contributed by atoms with E-state index >= 15 is 0 Å². The van der Waals surface area contributed by atoms with Crippen LogP contribution >= 0.6 is 27.5 Å². The molecule has 0 saturated heterocycles. The van der Waals surface area contributed by atoms with Crippen LogP contribution in [-0.4, -0.2) is 13.4 Å². The Bertz CT molecular complexity index is 626. The molecule has 0 bridgehead atoms. The summed E-state index contributed by atoms with van der Waals surface area (Å²) in [6.07, 6.45) is 1.10. The molecule has 3 nitrogen and oxygen atoms in total. The number of carbonyl (C=O) groups excluding carboxylic acids is 1. The Labute approximate surface area is 137 Å². The second kappa shape index (κ2) is 7.48. The minimum absolute atomic E-state index is 0.269. The van der Waals surface area contributed by atoms with E-state index in [9.17, 15) is 4.79 Å². The van der Waals surface area contributed by atoms with E-state index in [1.807, 2.05) is 30.3 Å². The number of hydrogen-bond acceptors (Lipinski definition) is 3. The molecule has 0 aliphatic heterocycles. The first-order chi connectivity index (χ1) is 10.2. The topological polar surface area (TPSA) is 35.5 Å². The van der Waals surface area contributed by atoms with Gasteiger partial charge in [0.25, 0.3) is 0 Å². The highest BCUT2D eigenvalue weighted by atomic mass is 79.9. The molecule has 0 amide bonds. The van der Waals surface area contributed by atoms with Crippen LogP contribution in [0.2, 0.25) is 5.02 Å². The van der Waals surface area contributed by atoms with Crippen molar-refractivity contribution in [1.82, 2.24) is 0 Å². The van der Waals surface area contributed by atoms with Crippen LogP contribution in [0.5, 0.6) is 11.5 Å². The zero-order valence-corrected chi connectivity index (χ0v) is 13.8. The van der Waals surface area contributed by atoms with Gasteiger partial charge in [-0.3, -0.25) is 0 Å². The molecule has 2 rings (SSSR count). The fourth-order valence-electron chi connectivity index (χ4n) is 1.86. The van der Waals surface area contributed by atoms with Gasteiger partial charge in [0, 0.05) is 16.5 Å². The Balaban J connectivity index is 2.17. The van der Waals surface area contributed by atoms with E-state index in [0.29, 0.717) is 17.4 Å². The van der Waals surface area contributed by atoms with Gasteiger partial charge in [-0.2, -0.15) is 0 Å². The first-order valence-corrected chi connectivity index (χ1v) is 7.49. The van der Waals surface area contributed by atoms with Crippen molar-refractivity contribution < 1.29 is 14.3 Å². The molecule has 0 radical (unpaired) electrons. The summed E-state index contributed by atoms with van der Waals surface area (Å²) in [6, 6.07) is 11.2. The molecule has 0 N–H and O–H groups in total. The minimum Gasteiger partial charge on any atom is -0.497 e. The van der Waals surface area contributed by atoms with Gasteiger partial charge in [-0.05, 0) is 39.7 Å². The van der Waals surface area contributed by atoms with E-state index in [1.165, 1.54) is 0 Å². The van der Waals surface area contributed by atoms with E-state index in [4.69, 9.17) is 21.1 Å². The lowest BCUT2D eigenvalue weighted by Gasteiger charge is -2.13. The van der Waals surface area contributed by atoms with Crippen molar-refractivity contribution in [3.05, 3.63) is 57.0 Å². The summed E-state index contributed by atoms with van der Waals surface area (Å²) in [7, 11) is 1.62. The van der Waals surface area contributed by atoms with Crippen LogP contribution in [0.3, 0.4) is 0 Å². The largest absolute Gasteiger partial charge is 0.497 e. The Morgan fingerprint density at radius 1 is 1.19 bits per heavy atom. The number of aldehydes is 1. The standard InChI is InChI=1S/C16H14BrClO3/c1-20-13-5-2-11(3-6-13)10-21-16-12(8-9-19)4-7-14(17)15(16)18/h2-7,9H,8,10H2,1H3. The molecule has 0 saturated carbocycles. The zero-order valence-electron chi connectivity index (χ0n) is 11.4. The Hall–Kier alpha value is -1.52. The number of methoxy groups -OCH3 is 1. The molecule has 110 valence electrons. The fraction of sp³-hybridized carbons (Fsp3) is 0.188. The number of carbonyl (C=O) groups is 1. The van der Waals surface area contributed by atoms with Crippen LogP contribution in [0, 0.1) is 0 Å². The van der Waals surface area contributed by atoms with Gasteiger partial charge >= 0.3 is 0 Å². The molecule has 0 aromatic heterocycles. The van der Waals surface area contributed by atoms with Crippen molar-refractivity contribution in [1.29, 1.82) is 0 Å². The van der Waals surface area contributed by atoms with E-state index in [2.05, 4.69) is 15.9 Å². The molecule has 0 unspecified atom stereocenters. The van der Waals surface area contributed by atoms with E-state index < -0.39 is 0 Å². The predicted octanol–water partition coefficient (Wildman–Crippen LogP) is 4.43. The molecule has 2 aromatic carbocycles. The van der Waals surface area contributed by atoms with Gasteiger partial charge in [-0.25, -0.2) is 0 Å². The highest BCUT2D eigenvalue weighted by Crippen LogP contribution is 2.36. The number of ether oxygens (including phenoxy) is 2. The second-order valence-electron chi connectivity index (χ2n) is 4.36. The SMILES string of the molecule is COc1ccc(COc2c(CC=O)ccc(Br)c2Cl)cc1. The van der Waals surface area contributed by atoms with Crippen LogP contribution in [-0.2, 0) is 17.8 Å². The van der Waals surface area contributed by atoms with Crippen LogP contribution in [0.25, 0.3) is 0 Å². The molecule has 0 heterocycles. The summed E-state index contributed by atoms with van der Waals surface area (Å²) in [6.45, 7) is 0.367. The fourth-order valence-corrected chi connectivity index (χ4v) is 2.41. The van der Waals surface area contributed by atoms with Crippen molar-refractivity contribution in [3.63, 3.8) is 0 Å². The van der Waals surface area contributed by atoms with Gasteiger partial charge in [0.15, 0.2) is 0 Å². The van der Waals surface area contributed by atoms with Crippen molar-refractivity contribution in [2.45, 2.75) is 13.0 Å². The van der Waals surface area contributed by atoms with E-state index in [0.717, 1.165) is 27.6 Å². The van der Waals surface area contributed by atoms with Crippen LogP contribution in [0.1, 0.15) is 11.1 Å². The summed E-state index contributed by atoms with van der Waals surface area (Å²) < 4.78 is 11.6. The van der Waals surface area contributed by atoms with E-state index in [1.54, 1.807) is 13.2 Å². The summed E-state index contributed by atoms with van der Waals surface area (Å²) in [4.78, 5) is 10.7. The Morgan fingerprint density at radius 2 is 1.90 bits per heavy atom. The first kappa shape index (κ1) is 15.9. The van der Waals surface area contributed by atoms with Gasteiger partial charge in [0.05, 0.1) is 12.1 Å². The lowest BCUT2D eigenvalue weighted by Crippen LogP contribution is -2.00. The molecule has 0 fully saturated rings. The smallest absolute Gasteiger partial charge is 0.143 e. The Kier molecular flexibility index (Phi) is 5.65. The Morgan fingerprint density at radius 3 is 2.52 bits per heavy atom. The van der Waals surface area contributed by atoms with Gasteiger partial charge < -0.3 is 14.3 Å². The molecule has 0 aliphatic carbocycles. The average Bonchev–Trinajstić information content (AvgIpc) is 2.51. The molecule has 0 aliphatic rings. The summed E-state index contributed by atoms with van der Waals surface area (Å²) in [5.41, 5.74) is 1.76. The highest BCUT2D eigenvalue weighted by molar-refractivity contribution is 9.10. The predicted molar refractivity (Wildman–Crippen MR) is 86.2 cm³/mol. The van der Waals surface area contributed by atoms with Gasteiger partial charge in [-0.15, -0.1) is 0 Å². The highest BCUT2D eigenvalue weighted by Gasteiger charge is 2.12. The van der Waals surface area contributed by atoms with Crippen LogP contribution in [0.15, 0.2) is 40.9 Å². The normalized spacial score (nSPS) is 10.2. The van der Waals surface area contributed by atoms with Crippen molar-refractivity contribution >= 4 is 33.8 Å². The third-order valence-electron chi connectivity index (χ3n) is 2.98. The van der Waals surface area contributed by atoms with Gasteiger partial charge in [0.2, 0.25) is 0 Å². The monoisotopic (exact) mass is 368 g/mol. The van der Waals surface area contributed by atoms with E-state index in [-0.39, 0.29) is 6.42 Å². The van der Waals surface area contributed by atoms with Gasteiger partial charge in [-0.1, -0.05) is 29.8 Å². The minimum atomic E-state index is 0.269. The van der Waals surface area contributed by atoms with Gasteiger partial charge in [0.1, 0.15) is 24.4 Å². The maximum Gasteiger partial charge on any atom is 0.143 e. The molecule has 0 atom stereocenters. The third kappa shape index (κ3) is 3.99. The summed E-state index contributed by atoms with van der Waals surface area (Å²) >= 11 is 9.60. The molecular formula is C16H14BrClO3. The zero-order chi connectivity index (χ0) is 15.2. The summed E-state index contributed by atoms with van der Waals surface area (Å²) in [5, 5.41) is 0.475. The van der Waals surface area contributed by atoms with Crippen LogP contribution in [0.4, 0.5) is 0 Å². The lowest BCUT2D eigenvalue weighted by molar-refractivity contribution is -0.107. The maximum absolute atomic E-state index is 10.7. The summed E-state index contributed by atoms with van der Waals surface area (Å²) in [5.74, 6) is 1.33. The number of hydrogen-bond donors (Lipinski definition) is 0. The number of rotatable bonds is 6. The van der Waals surface area contributed by atoms with Crippen molar-refractivity contribution in [3.8, 4) is 11.5 Å². The molecule has 0 spiro atoms. The number of benzene rings is 2. The van der Waals surface area contributed by atoms with Crippen LogP contribution < -0.4 is 9.47 Å². The van der Waals surface area contributed by atoms with Crippen molar-refractivity contribution in [2.24, 2.45) is 0 Å². The molecule has 21 heavy (non-hydrogen) atoms. The number of halogens is 2. The average molecular weight is 370 g/mol. The second-order valence-corrected chi connectivity index (χ2v) is 5.59. The molecule has 5 heteroatoms.